The number of pyridine rings is 1. The van der Waals surface area contributed by atoms with E-state index in [2.05, 4.69) is 36.1 Å². The molecule has 0 aliphatic carbocycles. The summed E-state index contributed by atoms with van der Waals surface area (Å²) < 4.78 is 69.3. The zero-order chi connectivity index (χ0) is 47.8. The van der Waals surface area contributed by atoms with Crippen molar-refractivity contribution in [3.05, 3.63) is 89.2 Å². The number of H-pyrrole nitrogens is 1. The molecule has 17 nitrogen and oxygen atoms in total. The molecular weight excluding hydrogens is 902 g/mol. The number of thiazole rings is 1. The number of benzene rings is 2. The average Bonchev–Trinajstić information content (AvgIpc) is 4.01. The summed E-state index contributed by atoms with van der Waals surface area (Å²) in [5.41, 5.74) is 10.5. The van der Waals surface area contributed by atoms with Crippen molar-refractivity contribution in [1.29, 1.82) is 0 Å². The minimum absolute atomic E-state index is 0.0460. The quantitative estimate of drug-likeness (QED) is 0.0492. The number of hydrogen-bond donors (Lipinski definition) is 6. The highest BCUT2D eigenvalue weighted by molar-refractivity contribution is 7.92. The normalized spacial score (nSPS) is 14.7. The van der Waals surface area contributed by atoms with Crippen LogP contribution < -0.4 is 31.1 Å². The zero-order valence-electron chi connectivity index (χ0n) is 36.6. The van der Waals surface area contributed by atoms with Crippen LogP contribution in [0.3, 0.4) is 0 Å². The van der Waals surface area contributed by atoms with Crippen molar-refractivity contribution in [1.82, 2.24) is 35.7 Å². The predicted octanol–water partition coefficient (Wildman–Crippen LogP) is 6.44. The van der Waals surface area contributed by atoms with Crippen LogP contribution in [0.2, 0.25) is 0 Å². The Labute approximate surface area is 383 Å². The van der Waals surface area contributed by atoms with E-state index >= 15 is 0 Å². The molecule has 4 amide bonds. The molecule has 1 aliphatic rings. The van der Waals surface area contributed by atoms with Crippen molar-refractivity contribution in [2.24, 2.45) is 11.1 Å². The predicted molar refractivity (Wildman–Crippen MR) is 243 cm³/mol. The van der Waals surface area contributed by atoms with Crippen molar-refractivity contribution in [3.63, 3.8) is 0 Å². The van der Waals surface area contributed by atoms with Crippen LogP contribution in [-0.4, -0.2) is 94.3 Å². The molecule has 5 aromatic rings. The van der Waals surface area contributed by atoms with Crippen LogP contribution >= 0.6 is 11.3 Å². The standard InChI is InChI=1S/C44H51F3N10O7S2/c1-26-37(65-25-51-26)29-12-10-27(11-13-29)23-50-41(60)32-8-7-20-57(32)42(61)38(43(2,3)4)53-33(58)9-5-6-21-64-34-22-31(18-19-49-34)52-40-35(39(48)59)36(54-55-40)28-14-16-30(17-15-28)56-66(62,63)24-44(45,46)47/h10-19,22,25,32,38,56H,5-9,20-21,23-24H2,1-4H3,(H2,48,59)(H,50,60)(H,53,58)(H2,49,52,54,55)/t32-,38+/m0/s1. The number of aromatic amines is 1. The number of amides is 4. The topological polar surface area (TPSA) is 243 Å². The van der Waals surface area contributed by atoms with Crippen molar-refractivity contribution >= 4 is 62.2 Å². The summed E-state index contributed by atoms with van der Waals surface area (Å²) in [7, 11) is -4.70. The van der Waals surface area contributed by atoms with Gasteiger partial charge in [-0.15, -0.1) is 11.3 Å². The molecule has 1 saturated heterocycles. The monoisotopic (exact) mass is 952 g/mol. The van der Waals surface area contributed by atoms with Gasteiger partial charge in [0.2, 0.25) is 33.6 Å². The first-order valence-corrected chi connectivity index (χ1v) is 23.5. The highest BCUT2D eigenvalue weighted by Gasteiger charge is 2.42. The van der Waals surface area contributed by atoms with Gasteiger partial charge in [0.05, 0.1) is 22.7 Å². The Morgan fingerprint density at radius 1 is 0.985 bits per heavy atom. The molecule has 0 bridgehead atoms. The Balaban J connectivity index is 0.968. The third-order valence-electron chi connectivity index (χ3n) is 10.5. The van der Waals surface area contributed by atoms with Gasteiger partial charge in [0.1, 0.15) is 29.2 Å². The second kappa shape index (κ2) is 20.7. The van der Waals surface area contributed by atoms with Crippen LogP contribution in [0.25, 0.3) is 21.7 Å². The molecule has 1 aliphatic heterocycles. The van der Waals surface area contributed by atoms with E-state index in [1.54, 1.807) is 28.4 Å². The summed E-state index contributed by atoms with van der Waals surface area (Å²) in [6.45, 7) is 8.49. The summed E-state index contributed by atoms with van der Waals surface area (Å²) >= 11 is 1.57. The number of halogens is 3. The summed E-state index contributed by atoms with van der Waals surface area (Å²) in [5, 5.41) is 15.8. The van der Waals surface area contributed by atoms with Crippen LogP contribution in [0.15, 0.2) is 72.4 Å². The van der Waals surface area contributed by atoms with E-state index in [0.717, 1.165) is 21.7 Å². The van der Waals surface area contributed by atoms with Crippen LogP contribution in [0.1, 0.15) is 74.5 Å². The lowest BCUT2D eigenvalue weighted by Crippen LogP contribution is -2.57. The Bertz CT molecular complexity index is 2630. The number of nitrogens with one attached hydrogen (secondary N) is 5. The van der Waals surface area contributed by atoms with Crippen molar-refractivity contribution in [2.45, 2.75) is 84.6 Å². The van der Waals surface area contributed by atoms with Gasteiger partial charge in [-0.1, -0.05) is 57.2 Å². The number of carbonyl (C=O) groups is 4. The zero-order valence-corrected chi connectivity index (χ0v) is 38.3. The van der Waals surface area contributed by atoms with Gasteiger partial charge < -0.3 is 31.3 Å². The Morgan fingerprint density at radius 3 is 2.35 bits per heavy atom. The van der Waals surface area contributed by atoms with Crippen molar-refractivity contribution in [3.8, 4) is 27.6 Å². The molecule has 66 heavy (non-hydrogen) atoms. The van der Waals surface area contributed by atoms with E-state index in [9.17, 15) is 40.8 Å². The molecule has 1 fully saturated rings. The number of rotatable bonds is 19. The molecule has 7 N–H and O–H groups in total. The number of likely N-dealkylation sites (tertiary alicyclic amines) is 1. The maximum absolute atomic E-state index is 14.0. The van der Waals surface area contributed by atoms with Crippen LogP contribution in [0, 0.1) is 12.3 Å². The number of aromatic nitrogens is 4. The number of unbranched alkanes of at least 4 members (excludes halogenated alkanes) is 1. The molecule has 3 aromatic heterocycles. The second-order valence-electron chi connectivity index (χ2n) is 16.8. The fourth-order valence-electron chi connectivity index (χ4n) is 7.29. The molecular formula is C44H51F3N10O7S2. The number of carbonyl (C=O) groups excluding carboxylic acids is 4. The van der Waals surface area contributed by atoms with Gasteiger partial charge in [-0.2, -0.15) is 18.3 Å². The lowest BCUT2D eigenvalue weighted by Gasteiger charge is -2.35. The summed E-state index contributed by atoms with van der Waals surface area (Å²) in [6, 6.07) is 14.8. The second-order valence-corrected chi connectivity index (χ2v) is 19.4. The Kier molecular flexibility index (Phi) is 15.4. The van der Waals surface area contributed by atoms with E-state index in [0.29, 0.717) is 50.0 Å². The first-order chi connectivity index (χ1) is 31.2. The van der Waals surface area contributed by atoms with Gasteiger partial charge in [0.15, 0.2) is 5.75 Å². The summed E-state index contributed by atoms with van der Waals surface area (Å²) in [5.74, 6) is -3.41. The molecule has 2 aromatic carbocycles. The molecule has 4 heterocycles. The lowest BCUT2D eigenvalue weighted by atomic mass is 9.85. The van der Waals surface area contributed by atoms with Gasteiger partial charge in [-0.05, 0) is 67.3 Å². The smallest absolute Gasteiger partial charge is 0.404 e. The maximum atomic E-state index is 14.0. The number of primary amides is 1. The molecule has 0 saturated carbocycles. The van der Waals surface area contributed by atoms with Crippen LogP contribution in [0.4, 0.5) is 30.4 Å². The van der Waals surface area contributed by atoms with Gasteiger partial charge in [-0.25, -0.2) is 18.4 Å². The fraction of sp³-hybridized carbons (Fsp3) is 0.386. The van der Waals surface area contributed by atoms with Crippen molar-refractivity contribution < 1.29 is 45.5 Å². The maximum Gasteiger partial charge on any atom is 0.404 e. The number of sulfonamides is 1. The number of nitrogens with zero attached hydrogens (tertiary/aromatic N) is 4. The lowest BCUT2D eigenvalue weighted by molar-refractivity contribution is -0.144. The van der Waals surface area contributed by atoms with Crippen LogP contribution in [-0.2, 0) is 31.0 Å². The number of hydrogen-bond acceptors (Lipinski definition) is 12. The van der Waals surface area contributed by atoms with E-state index in [1.165, 1.54) is 30.5 Å². The van der Waals surface area contributed by atoms with E-state index < -0.39 is 45.4 Å². The molecule has 6 rings (SSSR count). The minimum atomic E-state index is -4.92. The van der Waals surface area contributed by atoms with Gasteiger partial charge in [0, 0.05) is 48.7 Å². The first kappa shape index (κ1) is 48.9. The SMILES string of the molecule is Cc1ncsc1-c1ccc(CNC(=O)[C@@H]2CCCN2C(=O)[C@@H](NC(=O)CCCCOc2cc(Nc3[nH]nc(-c4ccc(NS(=O)(=O)CC(F)(F)F)cc4)c3C(N)=O)ccn2)C(C)(C)C)cc1. The highest BCUT2D eigenvalue weighted by Crippen LogP contribution is 2.32. The third kappa shape index (κ3) is 13.0. The average molecular weight is 953 g/mol. The summed E-state index contributed by atoms with van der Waals surface area (Å²) in [4.78, 5) is 64.4. The van der Waals surface area contributed by atoms with E-state index in [1.807, 2.05) is 62.2 Å². The highest BCUT2D eigenvalue weighted by atomic mass is 32.2. The number of ether oxygens (including phenoxy) is 1. The van der Waals surface area contributed by atoms with Crippen LogP contribution in [0.5, 0.6) is 5.88 Å². The van der Waals surface area contributed by atoms with E-state index in [4.69, 9.17) is 10.5 Å². The Morgan fingerprint density at radius 2 is 1.70 bits per heavy atom. The van der Waals surface area contributed by atoms with Gasteiger partial charge in [0.25, 0.3) is 5.91 Å². The third-order valence-corrected chi connectivity index (χ3v) is 12.8. The molecule has 352 valence electrons. The summed E-state index contributed by atoms with van der Waals surface area (Å²) in [6.07, 6.45) is -1.24. The van der Waals surface area contributed by atoms with Gasteiger partial charge in [-0.3, -0.25) is 29.0 Å². The molecule has 22 heteroatoms. The van der Waals surface area contributed by atoms with Crippen molar-refractivity contribution in [2.75, 3.05) is 28.9 Å². The van der Waals surface area contributed by atoms with Gasteiger partial charge >= 0.3 is 6.18 Å². The van der Waals surface area contributed by atoms with E-state index in [-0.39, 0.29) is 59.4 Å². The number of alkyl halides is 3. The first-order valence-electron chi connectivity index (χ1n) is 21.0. The number of anilines is 3. The largest absolute Gasteiger partial charge is 0.478 e. The molecule has 0 radical (unpaired) electrons. The minimum Gasteiger partial charge on any atom is -0.478 e. The fourth-order valence-corrected chi connectivity index (χ4v) is 9.10. The molecule has 2 atom stereocenters. The molecule has 0 spiro atoms. The Hall–Kier alpha value is -6.55. The molecule has 0 unspecified atom stereocenters. The number of nitrogens with two attached hydrogens (primary N) is 1. The number of aryl methyl sites for hydroxylation is 1.